The lowest BCUT2D eigenvalue weighted by Crippen LogP contribution is -2.53. The van der Waals surface area contributed by atoms with Crippen molar-refractivity contribution >= 4 is 5.91 Å². The fraction of sp³-hybridized carbons (Fsp3) is 0.956. The Bertz CT molecular complexity index is 1080. The van der Waals surface area contributed by atoms with E-state index in [4.69, 9.17) is 0 Å². The van der Waals surface area contributed by atoms with Crippen LogP contribution in [0.1, 0.15) is 386 Å². The normalized spacial score (nSPS) is 13.5. The van der Waals surface area contributed by atoms with Crippen molar-refractivity contribution in [1.82, 2.24) is 5.32 Å². The zero-order valence-corrected chi connectivity index (χ0v) is 50.4. The first-order chi connectivity index (χ1) is 36.5. The van der Waals surface area contributed by atoms with Crippen LogP contribution in [-0.4, -0.2) is 57.3 Å². The van der Waals surface area contributed by atoms with Gasteiger partial charge in [0, 0.05) is 0 Å². The summed E-state index contributed by atoms with van der Waals surface area (Å²) in [5.41, 5.74) is 0. The number of rotatable bonds is 64. The van der Waals surface area contributed by atoms with Crippen LogP contribution in [0.25, 0.3) is 0 Å². The minimum absolute atomic E-state index is 0.369. The van der Waals surface area contributed by atoms with Crippen LogP contribution in [0, 0.1) is 0 Å². The number of hydrogen-bond donors (Lipinski definition) is 5. The van der Waals surface area contributed by atoms with Crippen molar-refractivity contribution in [3.63, 3.8) is 0 Å². The standard InChI is InChI=1S/C68H135NO5/c1-3-5-7-9-11-13-15-17-19-21-23-25-27-29-31-33-35-37-39-41-43-45-47-49-51-53-55-57-59-61-65(71)67(73)64(63-70)69-68(74)66(72)62-60-58-56-54-52-50-48-46-44-42-40-38-36-34-32-30-28-26-24-22-20-18-16-14-12-10-8-6-4-2/h53,55,64-67,70-73H,3-52,54,56-63H2,1-2H3,(H,69,74)/b55-53+. The maximum absolute atomic E-state index is 12.6. The van der Waals surface area contributed by atoms with E-state index in [1.807, 2.05) is 0 Å². The summed E-state index contributed by atoms with van der Waals surface area (Å²) in [5.74, 6) is -0.584. The van der Waals surface area contributed by atoms with Gasteiger partial charge in [-0.3, -0.25) is 4.79 Å². The van der Waals surface area contributed by atoms with Gasteiger partial charge in [0.2, 0.25) is 5.91 Å². The van der Waals surface area contributed by atoms with Crippen molar-refractivity contribution in [3.05, 3.63) is 12.2 Å². The molecule has 0 aliphatic carbocycles. The van der Waals surface area contributed by atoms with Crippen LogP contribution in [0.15, 0.2) is 12.2 Å². The van der Waals surface area contributed by atoms with E-state index in [0.717, 1.165) is 38.5 Å². The number of carbonyl (C=O) groups is 1. The fourth-order valence-electron chi connectivity index (χ4n) is 11.2. The smallest absolute Gasteiger partial charge is 0.249 e. The van der Waals surface area contributed by atoms with Crippen molar-refractivity contribution in [2.45, 2.75) is 411 Å². The van der Waals surface area contributed by atoms with Gasteiger partial charge < -0.3 is 25.7 Å². The number of aliphatic hydroxyl groups is 4. The summed E-state index contributed by atoms with van der Waals surface area (Å²) in [7, 11) is 0. The fourth-order valence-corrected chi connectivity index (χ4v) is 11.2. The van der Waals surface area contributed by atoms with Gasteiger partial charge in [-0.25, -0.2) is 0 Å². The molecule has 0 saturated heterocycles. The van der Waals surface area contributed by atoms with Gasteiger partial charge in [0.15, 0.2) is 0 Å². The molecule has 4 atom stereocenters. The second kappa shape index (κ2) is 62.9. The molecule has 0 bridgehead atoms. The Morgan fingerprint density at radius 1 is 0.324 bits per heavy atom. The third-order valence-electron chi connectivity index (χ3n) is 16.5. The molecule has 0 radical (unpaired) electrons. The number of amides is 1. The lowest BCUT2D eigenvalue weighted by molar-refractivity contribution is -0.132. The van der Waals surface area contributed by atoms with Gasteiger partial charge >= 0.3 is 0 Å². The molecule has 0 rings (SSSR count). The van der Waals surface area contributed by atoms with Gasteiger partial charge in [-0.15, -0.1) is 0 Å². The molecule has 0 aliphatic heterocycles. The number of unbranched alkanes of at least 4 members (excludes halogenated alkanes) is 53. The van der Waals surface area contributed by atoms with Gasteiger partial charge in [-0.1, -0.05) is 360 Å². The molecule has 0 heterocycles. The van der Waals surface area contributed by atoms with Gasteiger partial charge in [-0.2, -0.15) is 0 Å². The molecule has 442 valence electrons. The average Bonchev–Trinajstić information content (AvgIpc) is 3.41. The highest BCUT2D eigenvalue weighted by Gasteiger charge is 2.28. The van der Waals surface area contributed by atoms with Crippen molar-refractivity contribution in [3.8, 4) is 0 Å². The van der Waals surface area contributed by atoms with Crippen molar-refractivity contribution in [1.29, 1.82) is 0 Å². The second-order valence-corrected chi connectivity index (χ2v) is 23.9. The highest BCUT2D eigenvalue weighted by Crippen LogP contribution is 2.20. The van der Waals surface area contributed by atoms with Crippen LogP contribution in [0.5, 0.6) is 0 Å². The molecule has 6 nitrogen and oxygen atoms in total. The summed E-state index contributed by atoms with van der Waals surface area (Å²) >= 11 is 0. The Hall–Kier alpha value is -0.950. The van der Waals surface area contributed by atoms with Gasteiger partial charge in [0.25, 0.3) is 0 Å². The molecule has 0 aromatic carbocycles. The van der Waals surface area contributed by atoms with Gasteiger partial charge in [0.1, 0.15) is 12.2 Å². The van der Waals surface area contributed by atoms with E-state index in [9.17, 15) is 25.2 Å². The summed E-state index contributed by atoms with van der Waals surface area (Å²) in [6, 6.07) is -1.00. The van der Waals surface area contributed by atoms with E-state index < -0.39 is 36.9 Å². The molecule has 1 amide bonds. The maximum atomic E-state index is 12.6. The summed E-state index contributed by atoms with van der Waals surface area (Å²) in [4.78, 5) is 12.6. The molecule has 0 aromatic rings. The van der Waals surface area contributed by atoms with Crippen molar-refractivity contribution < 1.29 is 25.2 Å². The molecule has 4 unspecified atom stereocenters. The Labute approximate surface area is 463 Å². The zero-order chi connectivity index (χ0) is 53.7. The van der Waals surface area contributed by atoms with Crippen LogP contribution in [0.3, 0.4) is 0 Å². The third-order valence-corrected chi connectivity index (χ3v) is 16.5. The number of aliphatic hydroxyl groups excluding tert-OH is 4. The number of carbonyl (C=O) groups excluding carboxylic acids is 1. The monoisotopic (exact) mass is 1050 g/mol. The number of hydrogen-bond acceptors (Lipinski definition) is 5. The van der Waals surface area contributed by atoms with Gasteiger partial charge in [0.05, 0.1) is 18.8 Å². The summed E-state index contributed by atoms with van der Waals surface area (Å²) in [6.07, 6.45) is 77.7. The Morgan fingerprint density at radius 2 is 0.554 bits per heavy atom. The molecule has 0 fully saturated rings. The molecule has 0 spiro atoms. The third kappa shape index (κ3) is 55.8. The maximum Gasteiger partial charge on any atom is 0.249 e. The second-order valence-electron chi connectivity index (χ2n) is 23.9. The SMILES string of the molecule is CCCCCCCCCCCCCCCCCCCCCCCCCC/C=C/CCCC(O)C(O)C(CO)NC(=O)C(O)CCCCCCCCCCCCCCCCCCCCCCCCCCCCCCC. The number of allylic oxidation sites excluding steroid dienone is 2. The topological polar surface area (TPSA) is 110 Å². The van der Waals surface area contributed by atoms with Gasteiger partial charge in [-0.05, 0) is 38.5 Å². The Balaban J connectivity index is 3.55. The largest absolute Gasteiger partial charge is 0.394 e. The lowest BCUT2D eigenvalue weighted by atomic mass is 10.00. The van der Waals surface area contributed by atoms with Crippen LogP contribution >= 0.6 is 0 Å². The van der Waals surface area contributed by atoms with Crippen LogP contribution in [0.2, 0.25) is 0 Å². The first-order valence-electron chi connectivity index (χ1n) is 34.1. The Kier molecular flexibility index (Phi) is 62.1. The van der Waals surface area contributed by atoms with Crippen molar-refractivity contribution in [2.75, 3.05) is 6.61 Å². The predicted molar refractivity (Wildman–Crippen MR) is 325 cm³/mol. The molecule has 0 saturated carbocycles. The molecular weight excluding hydrogens is 911 g/mol. The summed E-state index contributed by atoms with van der Waals surface area (Å²) in [5, 5.41) is 44.2. The van der Waals surface area contributed by atoms with E-state index in [-0.39, 0.29) is 0 Å². The number of nitrogens with one attached hydrogen (secondary N) is 1. The highest BCUT2D eigenvalue weighted by molar-refractivity contribution is 5.80. The molecule has 0 aliphatic rings. The molecule has 0 aromatic heterocycles. The highest BCUT2D eigenvalue weighted by atomic mass is 16.3. The van der Waals surface area contributed by atoms with E-state index in [1.165, 1.54) is 321 Å². The molecule has 6 heteroatoms. The van der Waals surface area contributed by atoms with E-state index in [0.29, 0.717) is 12.8 Å². The first-order valence-corrected chi connectivity index (χ1v) is 34.1. The van der Waals surface area contributed by atoms with E-state index in [2.05, 4.69) is 31.3 Å². The average molecular weight is 1050 g/mol. The van der Waals surface area contributed by atoms with Crippen LogP contribution in [0.4, 0.5) is 0 Å². The zero-order valence-electron chi connectivity index (χ0n) is 50.4. The van der Waals surface area contributed by atoms with E-state index in [1.54, 1.807) is 0 Å². The summed E-state index contributed by atoms with van der Waals surface area (Å²) in [6.45, 7) is 4.10. The minimum atomic E-state index is -1.28. The van der Waals surface area contributed by atoms with E-state index >= 15 is 0 Å². The lowest BCUT2D eigenvalue weighted by Gasteiger charge is -2.27. The molecular formula is C68H135NO5. The minimum Gasteiger partial charge on any atom is -0.394 e. The Morgan fingerprint density at radius 3 is 0.811 bits per heavy atom. The quantitative estimate of drug-likeness (QED) is 0.0308. The van der Waals surface area contributed by atoms with Crippen LogP contribution < -0.4 is 5.32 Å². The summed E-state index contributed by atoms with van der Waals surface area (Å²) < 4.78 is 0. The van der Waals surface area contributed by atoms with Crippen LogP contribution in [-0.2, 0) is 4.79 Å². The predicted octanol–water partition coefficient (Wildman–Crippen LogP) is 20.8. The molecule has 5 N–H and O–H groups in total. The molecule has 74 heavy (non-hydrogen) atoms. The van der Waals surface area contributed by atoms with Crippen molar-refractivity contribution in [2.24, 2.45) is 0 Å². The first kappa shape index (κ1) is 73.0.